The maximum atomic E-state index is 13.4. The zero-order chi connectivity index (χ0) is 25.4. The van der Waals surface area contributed by atoms with Gasteiger partial charge < -0.3 is 14.8 Å². The Morgan fingerprint density at radius 2 is 1.63 bits per heavy atom. The van der Waals surface area contributed by atoms with Crippen molar-refractivity contribution in [1.82, 2.24) is 9.62 Å². The van der Waals surface area contributed by atoms with E-state index in [-0.39, 0.29) is 24.0 Å². The highest BCUT2D eigenvalue weighted by Gasteiger charge is 2.27. The standard InChI is InChI=1S/C26H29BrN2O5S/c1-19(21-9-14-24(33-2)25(17-21)34-3)28-26(30)18-29(16-15-20-7-5-4-6-8-20)35(31,32)23-12-10-22(27)11-13-23/h4-14,17,19H,15-16,18H2,1-3H3,(H,28,30)/t19-/m0/s1. The fourth-order valence-electron chi connectivity index (χ4n) is 3.59. The van der Waals surface area contributed by atoms with Gasteiger partial charge in [-0.25, -0.2) is 8.42 Å². The predicted octanol–water partition coefficient (Wildman–Crippen LogP) is 4.58. The molecule has 0 unspecified atom stereocenters. The Hall–Kier alpha value is -2.88. The van der Waals surface area contributed by atoms with Crippen molar-refractivity contribution in [2.75, 3.05) is 27.3 Å². The smallest absolute Gasteiger partial charge is 0.243 e. The van der Waals surface area contributed by atoms with Gasteiger partial charge in [0.1, 0.15) is 0 Å². The van der Waals surface area contributed by atoms with Crippen LogP contribution in [-0.4, -0.2) is 45.9 Å². The number of halogens is 1. The van der Waals surface area contributed by atoms with Crippen molar-refractivity contribution < 1.29 is 22.7 Å². The molecule has 9 heteroatoms. The van der Waals surface area contributed by atoms with E-state index in [1.54, 1.807) is 38.5 Å². The molecule has 0 aromatic heterocycles. The number of methoxy groups -OCH3 is 2. The zero-order valence-corrected chi connectivity index (χ0v) is 22.3. The van der Waals surface area contributed by atoms with Crippen molar-refractivity contribution in [3.05, 3.63) is 88.4 Å². The second kappa shape index (κ2) is 12.2. The number of hydrogen-bond acceptors (Lipinski definition) is 5. The largest absolute Gasteiger partial charge is 0.493 e. The summed E-state index contributed by atoms with van der Waals surface area (Å²) in [5.74, 6) is 0.733. The lowest BCUT2D eigenvalue weighted by Crippen LogP contribution is -2.42. The van der Waals surface area contributed by atoms with Gasteiger partial charge in [-0.2, -0.15) is 4.31 Å². The van der Waals surface area contributed by atoms with Crippen LogP contribution in [0.15, 0.2) is 82.2 Å². The summed E-state index contributed by atoms with van der Waals surface area (Å²) in [4.78, 5) is 13.1. The van der Waals surface area contributed by atoms with Gasteiger partial charge in [-0.1, -0.05) is 52.3 Å². The van der Waals surface area contributed by atoms with Crippen LogP contribution in [0.4, 0.5) is 0 Å². The summed E-state index contributed by atoms with van der Waals surface area (Å²) in [6, 6.07) is 21.0. The first kappa shape index (κ1) is 26.7. The van der Waals surface area contributed by atoms with Crippen LogP contribution in [0.5, 0.6) is 11.5 Å². The van der Waals surface area contributed by atoms with E-state index in [0.717, 1.165) is 15.6 Å². The second-order valence-electron chi connectivity index (χ2n) is 7.93. The number of carbonyl (C=O) groups excluding carboxylic acids is 1. The summed E-state index contributed by atoms with van der Waals surface area (Å²) < 4.78 is 39.4. The minimum absolute atomic E-state index is 0.134. The molecule has 0 spiro atoms. The molecule has 7 nitrogen and oxygen atoms in total. The molecule has 0 aliphatic heterocycles. The highest BCUT2D eigenvalue weighted by atomic mass is 79.9. The Morgan fingerprint density at radius 1 is 0.971 bits per heavy atom. The van der Waals surface area contributed by atoms with Gasteiger partial charge in [0.05, 0.1) is 31.7 Å². The van der Waals surface area contributed by atoms with Crippen molar-refractivity contribution in [3.63, 3.8) is 0 Å². The summed E-state index contributed by atoms with van der Waals surface area (Å²) in [5, 5.41) is 2.90. The first-order valence-electron chi connectivity index (χ1n) is 11.1. The van der Waals surface area contributed by atoms with Crippen LogP contribution >= 0.6 is 15.9 Å². The normalized spacial score (nSPS) is 12.3. The average molecular weight is 561 g/mol. The van der Waals surface area contributed by atoms with Crippen LogP contribution in [0.3, 0.4) is 0 Å². The maximum Gasteiger partial charge on any atom is 0.243 e. The van der Waals surface area contributed by atoms with Crippen LogP contribution in [0.25, 0.3) is 0 Å². The van der Waals surface area contributed by atoms with Crippen LogP contribution < -0.4 is 14.8 Å². The van der Waals surface area contributed by atoms with E-state index in [4.69, 9.17) is 9.47 Å². The maximum absolute atomic E-state index is 13.4. The number of ether oxygens (including phenoxy) is 2. The van der Waals surface area contributed by atoms with Gasteiger partial charge in [0.15, 0.2) is 11.5 Å². The molecule has 1 amide bonds. The lowest BCUT2D eigenvalue weighted by atomic mass is 10.1. The number of sulfonamides is 1. The molecule has 0 fully saturated rings. The topological polar surface area (TPSA) is 84.9 Å². The predicted molar refractivity (Wildman–Crippen MR) is 139 cm³/mol. The van der Waals surface area contributed by atoms with Gasteiger partial charge in [-0.15, -0.1) is 0 Å². The van der Waals surface area contributed by atoms with Gasteiger partial charge in [0.2, 0.25) is 15.9 Å². The third-order valence-corrected chi connectivity index (χ3v) is 7.94. The SMILES string of the molecule is COc1ccc([C@H](C)NC(=O)CN(CCc2ccccc2)S(=O)(=O)c2ccc(Br)cc2)cc1OC. The average Bonchev–Trinajstić information content (AvgIpc) is 2.86. The Morgan fingerprint density at radius 3 is 2.26 bits per heavy atom. The van der Waals surface area contributed by atoms with E-state index in [2.05, 4.69) is 21.2 Å². The van der Waals surface area contributed by atoms with E-state index in [0.29, 0.717) is 17.9 Å². The molecule has 3 aromatic carbocycles. The highest BCUT2D eigenvalue weighted by Crippen LogP contribution is 2.30. The molecule has 0 bridgehead atoms. The molecule has 3 rings (SSSR count). The van der Waals surface area contributed by atoms with E-state index in [1.165, 1.54) is 16.4 Å². The lowest BCUT2D eigenvalue weighted by Gasteiger charge is -2.23. The van der Waals surface area contributed by atoms with E-state index in [9.17, 15) is 13.2 Å². The van der Waals surface area contributed by atoms with Crippen molar-refractivity contribution in [2.24, 2.45) is 0 Å². The fraction of sp³-hybridized carbons (Fsp3) is 0.269. The molecule has 0 saturated heterocycles. The number of carbonyl (C=O) groups is 1. The molecule has 0 aliphatic rings. The van der Waals surface area contributed by atoms with Crippen LogP contribution in [0.2, 0.25) is 0 Å². The number of amides is 1. The first-order chi connectivity index (χ1) is 16.7. The highest BCUT2D eigenvalue weighted by molar-refractivity contribution is 9.10. The Balaban J connectivity index is 1.78. The Kier molecular flexibility index (Phi) is 9.31. The molecular formula is C26H29BrN2O5S. The molecule has 3 aromatic rings. The van der Waals surface area contributed by atoms with E-state index in [1.807, 2.05) is 43.3 Å². The summed E-state index contributed by atoms with van der Waals surface area (Å²) in [6.07, 6.45) is 0.481. The molecule has 0 aliphatic carbocycles. The van der Waals surface area contributed by atoms with Crippen molar-refractivity contribution in [3.8, 4) is 11.5 Å². The van der Waals surface area contributed by atoms with Gasteiger partial charge in [0, 0.05) is 11.0 Å². The molecule has 0 radical (unpaired) electrons. The summed E-state index contributed by atoms with van der Waals surface area (Å²) in [6.45, 7) is 1.69. The minimum Gasteiger partial charge on any atom is -0.493 e. The number of benzene rings is 3. The number of rotatable bonds is 11. The lowest BCUT2D eigenvalue weighted by molar-refractivity contribution is -0.121. The number of nitrogens with zero attached hydrogens (tertiary/aromatic N) is 1. The molecule has 1 atom stereocenters. The van der Waals surface area contributed by atoms with Gasteiger partial charge in [0.25, 0.3) is 0 Å². The molecule has 0 saturated carbocycles. The number of nitrogens with one attached hydrogen (secondary N) is 1. The van der Waals surface area contributed by atoms with E-state index >= 15 is 0 Å². The Bertz CT molecular complexity index is 1230. The zero-order valence-electron chi connectivity index (χ0n) is 19.9. The van der Waals surface area contributed by atoms with Crippen molar-refractivity contribution >= 4 is 31.9 Å². The molecule has 35 heavy (non-hydrogen) atoms. The first-order valence-corrected chi connectivity index (χ1v) is 13.3. The van der Waals surface area contributed by atoms with Crippen LogP contribution in [0.1, 0.15) is 24.1 Å². The summed E-state index contributed by atoms with van der Waals surface area (Å²) >= 11 is 3.33. The quantitative estimate of drug-likeness (QED) is 0.371. The van der Waals surface area contributed by atoms with Gasteiger partial charge in [-0.05, 0) is 60.9 Å². The number of hydrogen-bond donors (Lipinski definition) is 1. The third-order valence-electron chi connectivity index (χ3n) is 5.55. The summed E-state index contributed by atoms with van der Waals surface area (Å²) in [7, 11) is -0.790. The molecule has 186 valence electrons. The van der Waals surface area contributed by atoms with Gasteiger partial charge in [-0.3, -0.25) is 4.79 Å². The summed E-state index contributed by atoms with van der Waals surface area (Å²) in [5.41, 5.74) is 1.80. The van der Waals surface area contributed by atoms with Crippen LogP contribution in [0, 0.1) is 0 Å². The molecular weight excluding hydrogens is 532 g/mol. The molecule has 1 N–H and O–H groups in total. The van der Waals surface area contributed by atoms with E-state index < -0.39 is 15.9 Å². The minimum atomic E-state index is -3.89. The third kappa shape index (κ3) is 7.06. The monoisotopic (exact) mass is 560 g/mol. The molecule has 0 heterocycles. The van der Waals surface area contributed by atoms with Gasteiger partial charge >= 0.3 is 0 Å². The second-order valence-corrected chi connectivity index (χ2v) is 10.8. The van der Waals surface area contributed by atoms with Crippen molar-refractivity contribution in [1.29, 1.82) is 0 Å². The fourth-order valence-corrected chi connectivity index (χ4v) is 5.25. The van der Waals surface area contributed by atoms with Crippen molar-refractivity contribution in [2.45, 2.75) is 24.3 Å². The van der Waals surface area contributed by atoms with Crippen LogP contribution in [-0.2, 0) is 21.2 Å². The Labute approximate surface area is 215 Å².